The molecule has 3 heteroatoms. The number of carbonyl (C=O) groups is 1. The highest BCUT2D eigenvalue weighted by molar-refractivity contribution is 5.98. The van der Waals surface area contributed by atoms with Gasteiger partial charge < -0.3 is 4.84 Å². The molecule has 0 bridgehead atoms. The molecule has 1 saturated carbocycles. The highest BCUT2D eigenvalue weighted by Gasteiger charge is 2.45. The summed E-state index contributed by atoms with van der Waals surface area (Å²) in [6.45, 7) is 1.84. The van der Waals surface area contributed by atoms with Gasteiger partial charge in [-0.15, -0.1) is 0 Å². The summed E-state index contributed by atoms with van der Waals surface area (Å²) in [5.74, 6) is -0.00945. The number of hydrogen-bond acceptors (Lipinski definition) is 3. The van der Waals surface area contributed by atoms with Crippen molar-refractivity contribution in [1.29, 1.82) is 0 Å². The minimum atomic E-state index is -0.237. The second-order valence-corrected chi connectivity index (χ2v) is 5.31. The maximum absolute atomic E-state index is 12.0. The van der Waals surface area contributed by atoms with Gasteiger partial charge in [-0.25, -0.2) is 4.79 Å². The molecule has 1 aliphatic carbocycles. The Morgan fingerprint density at radius 1 is 1.05 bits per heavy atom. The maximum atomic E-state index is 12.0. The van der Waals surface area contributed by atoms with Crippen molar-refractivity contribution in [3.63, 3.8) is 0 Å². The van der Waals surface area contributed by atoms with Crippen LogP contribution in [0.5, 0.6) is 0 Å². The summed E-state index contributed by atoms with van der Waals surface area (Å²) in [6.07, 6.45) is 0.850. The van der Waals surface area contributed by atoms with Crippen molar-refractivity contribution in [2.75, 3.05) is 0 Å². The van der Waals surface area contributed by atoms with E-state index in [1.165, 1.54) is 5.56 Å². The van der Waals surface area contributed by atoms with Crippen LogP contribution in [-0.2, 0) is 9.63 Å². The van der Waals surface area contributed by atoms with Crippen LogP contribution in [0, 0.1) is 5.92 Å². The first-order valence-electron chi connectivity index (χ1n) is 7.11. The van der Waals surface area contributed by atoms with E-state index in [0.717, 1.165) is 12.0 Å². The smallest absolute Gasteiger partial charge is 0.318 e. The van der Waals surface area contributed by atoms with Crippen LogP contribution in [0.1, 0.15) is 30.4 Å². The molecule has 0 heterocycles. The van der Waals surface area contributed by atoms with Gasteiger partial charge in [-0.1, -0.05) is 65.8 Å². The fourth-order valence-electron chi connectivity index (χ4n) is 2.44. The zero-order valence-electron chi connectivity index (χ0n) is 11.9. The van der Waals surface area contributed by atoms with Gasteiger partial charge in [-0.2, -0.15) is 0 Å². The molecule has 0 aromatic heterocycles. The number of carbonyl (C=O) groups excluding carboxylic acids is 1. The van der Waals surface area contributed by atoms with E-state index in [2.05, 4.69) is 17.3 Å². The Morgan fingerprint density at radius 3 is 2.33 bits per heavy atom. The van der Waals surface area contributed by atoms with Crippen LogP contribution in [-0.4, -0.2) is 11.7 Å². The molecule has 0 spiro atoms. The van der Waals surface area contributed by atoms with Crippen molar-refractivity contribution in [3.05, 3.63) is 71.8 Å². The van der Waals surface area contributed by atoms with E-state index in [1.54, 1.807) is 0 Å². The van der Waals surface area contributed by atoms with Crippen molar-refractivity contribution in [2.45, 2.75) is 19.3 Å². The van der Waals surface area contributed by atoms with Gasteiger partial charge in [-0.3, -0.25) is 0 Å². The van der Waals surface area contributed by atoms with E-state index in [0.29, 0.717) is 5.71 Å². The summed E-state index contributed by atoms with van der Waals surface area (Å²) >= 11 is 0. The highest BCUT2D eigenvalue weighted by atomic mass is 16.7. The molecule has 0 unspecified atom stereocenters. The van der Waals surface area contributed by atoms with Crippen LogP contribution in [0.2, 0.25) is 0 Å². The number of rotatable bonds is 4. The first-order chi connectivity index (χ1) is 10.3. The van der Waals surface area contributed by atoms with Crippen molar-refractivity contribution in [2.24, 2.45) is 11.1 Å². The molecule has 2 aromatic rings. The van der Waals surface area contributed by atoms with Gasteiger partial charge >= 0.3 is 5.97 Å². The Bertz CT molecular complexity index is 649. The summed E-state index contributed by atoms with van der Waals surface area (Å²) in [7, 11) is 0. The molecule has 2 aromatic carbocycles. The number of hydrogen-bond donors (Lipinski definition) is 0. The van der Waals surface area contributed by atoms with Crippen molar-refractivity contribution >= 4 is 11.7 Å². The predicted molar refractivity (Wildman–Crippen MR) is 82.0 cm³/mol. The van der Waals surface area contributed by atoms with Gasteiger partial charge in [0.05, 0.1) is 11.6 Å². The third-order valence-corrected chi connectivity index (χ3v) is 3.79. The van der Waals surface area contributed by atoms with Crippen LogP contribution in [0.25, 0.3) is 0 Å². The minimum Gasteiger partial charge on any atom is -0.318 e. The first-order valence-corrected chi connectivity index (χ1v) is 7.11. The zero-order chi connectivity index (χ0) is 14.7. The van der Waals surface area contributed by atoms with Gasteiger partial charge in [-0.05, 0) is 30.4 Å². The molecule has 0 radical (unpaired) electrons. The Hall–Kier alpha value is -2.42. The monoisotopic (exact) mass is 279 g/mol. The third-order valence-electron chi connectivity index (χ3n) is 3.79. The summed E-state index contributed by atoms with van der Waals surface area (Å²) < 4.78 is 0. The SMILES string of the molecule is C/C(=N\OC(=O)[C@H]1C[C@H]1c1ccccc1)c1ccccc1. The lowest BCUT2D eigenvalue weighted by atomic mass is 10.1. The molecule has 1 aliphatic rings. The van der Waals surface area contributed by atoms with E-state index in [4.69, 9.17) is 4.84 Å². The summed E-state index contributed by atoms with van der Waals surface area (Å²) in [5.41, 5.74) is 2.87. The molecule has 2 atom stereocenters. The lowest BCUT2D eigenvalue weighted by molar-refractivity contribution is -0.145. The average Bonchev–Trinajstić information content (AvgIpc) is 3.35. The summed E-state index contributed by atoms with van der Waals surface area (Å²) in [5, 5.41) is 3.95. The fraction of sp³-hybridized carbons (Fsp3) is 0.222. The van der Waals surface area contributed by atoms with Gasteiger partial charge in [0, 0.05) is 0 Å². The van der Waals surface area contributed by atoms with Gasteiger partial charge in [0.25, 0.3) is 0 Å². The normalized spacial score (nSPS) is 20.9. The lowest BCUT2D eigenvalue weighted by Crippen LogP contribution is -2.06. The highest BCUT2D eigenvalue weighted by Crippen LogP contribution is 2.48. The predicted octanol–water partition coefficient (Wildman–Crippen LogP) is 3.76. The molecule has 106 valence electrons. The molecule has 3 rings (SSSR count). The number of benzene rings is 2. The summed E-state index contributed by atoms with van der Waals surface area (Å²) in [6, 6.07) is 19.8. The largest absolute Gasteiger partial charge is 0.338 e. The third kappa shape index (κ3) is 3.19. The Balaban J connectivity index is 1.59. The molecule has 1 fully saturated rings. The molecule has 0 saturated heterocycles. The van der Waals surface area contributed by atoms with E-state index >= 15 is 0 Å². The maximum Gasteiger partial charge on any atom is 0.338 e. The second-order valence-electron chi connectivity index (χ2n) is 5.31. The van der Waals surface area contributed by atoms with Crippen LogP contribution in [0.15, 0.2) is 65.8 Å². The van der Waals surface area contributed by atoms with Gasteiger partial charge in [0.2, 0.25) is 0 Å². The molecule has 0 aliphatic heterocycles. The van der Waals surface area contributed by atoms with E-state index in [-0.39, 0.29) is 17.8 Å². The van der Waals surface area contributed by atoms with Gasteiger partial charge in [0.15, 0.2) is 0 Å². The summed E-state index contributed by atoms with van der Waals surface area (Å²) in [4.78, 5) is 17.1. The van der Waals surface area contributed by atoms with E-state index in [1.807, 2.05) is 55.5 Å². The topological polar surface area (TPSA) is 38.7 Å². The minimum absolute atomic E-state index is 0.0558. The Kier molecular flexibility index (Phi) is 3.82. The van der Waals surface area contributed by atoms with Crippen LogP contribution < -0.4 is 0 Å². The van der Waals surface area contributed by atoms with Crippen LogP contribution in [0.3, 0.4) is 0 Å². The molecule has 0 N–H and O–H groups in total. The fourth-order valence-corrected chi connectivity index (χ4v) is 2.44. The van der Waals surface area contributed by atoms with Crippen molar-refractivity contribution < 1.29 is 9.63 Å². The molecule has 21 heavy (non-hydrogen) atoms. The second kappa shape index (κ2) is 5.92. The van der Waals surface area contributed by atoms with E-state index < -0.39 is 0 Å². The quantitative estimate of drug-likeness (QED) is 0.485. The Morgan fingerprint density at radius 2 is 1.67 bits per heavy atom. The zero-order valence-corrected chi connectivity index (χ0v) is 11.9. The molecular weight excluding hydrogens is 262 g/mol. The van der Waals surface area contributed by atoms with Crippen LogP contribution in [0.4, 0.5) is 0 Å². The molecular formula is C18H17NO2. The number of oxime groups is 1. The lowest BCUT2D eigenvalue weighted by Gasteiger charge is -2.01. The van der Waals surface area contributed by atoms with Crippen molar-refractivity contribution in [1.82, 2.24) is 0 Å². The first kappa shape index (κ1) is 13.6. The standard InChI is InChI=1S/C18H17NO2/c1-13(14-8-4-2-5-9-14)19-21-18(20)17-12-16(17)15-10-6-3-7-11-15/h2-11,16-17H,12H2,1H3/b19-13+/t16-,17-/m0/s1. The Labute approximate surface area is 124 Å². The molecule has 3 nitrogen and oxygen atoms in total. The average molecular weight is 279 g/mol. The van der Waals surface area contributed by atoms with E-state index in [9.17, 15) is 4.79 Å². The molecule has 0 amide bonds. The van der Waals surface area contributed by atoms with Crippen molar-refractivity contribution in [3.8, 4) is 0 Å². The number of nitrogens with zero attached hydrogens (tertiary/aromatic N) is 1. The van der Waals surface area contributed by atoms with Gasteiger partial charge in [0.1, 0.15) is 0 Å². The van der Waals surface area contributed by atoms with Crippen LogP contribution >= 0.6 is 0 Å².